The van der Waals surface area contributed by atoms with Crippen LogP contribution in [0.5, 0.6) is 0 Å². The number of nitrogens with one attached hydrogen (secondary N) is 1. The highest BCUT2D eigenvalue weighted by atomic mass is 32.2. The summed E-state index contributed by atoms with van der Waals surface area (Å²) in [6, 6.07) is 14.3. The quantitative estimate of drug-likeness (QED) is 0.116. The van der Waals surface area contributed by atoms with E-state index >= 15 is 0 Å². The van der Waals surface area contributed by atoms with Crippen molar-refractivity contribution < 1.29 is 22.3 Å². The summed E-state index contributed by atoms with van der Waals surface area (Å²) in [5.74, 6) is 1.95. The van der Waals surface area contributed by atoms with Crippen LogP contribution in [0, 0.1) is 12.3 Å². The van der Waals surface area contributed by atoms with Gasteiger partial charge in [0.1, 0.15) is 6.54 Å². The van der Waals surface area contributed by atoms with Gasteiger partial charge < -0.3 is 10.2 Å². The van der Waals surface area contributed by atoms with E-state index in [9.17, 15) is 17.8 Å². The molecule has 0 unspecified atom stereocenters. The number of unbranched alkanes of at least 4 members (excludes halogenated alkanes) is 3. The Kier molecular flexibility index (Phi) is 10.2. The molecule has 0 radical (unpaired) electrons. The summed E-state index contributed by atoms with van der Waals surface area (Å²) in [6.45, 7) is 12.8. The number of benzene rings is 2. The fraction of sp³-hybridized carbons (Fsp3) is 0.444. The van der Waals surface area contributed by atoms with Crippen LogP contribution in [0.4, 0.5) is 11.4 Å². The Morgan fingerprint density at radius 2 is 1.80 bits per heavy atom. The van der Waals surface area contributed by atoms with Crippen LogP contribution in [-0.4, -0.2) is 54.6 Å². The molecule has 2 aliphatic rings. The lowest BCUT2D eigenvalue weighted by atomic mass is 9.81. The van der Waals surface area contributed by atoms with Gasteiger partial charge >= 0.3 is 0 Å². The van der Waals surface area contributed by atoms with Crippen molar-refractivity contribution in [3.8, 4) is 12.3 Å². The summed E-state index contributed by atoms with van der Waals surface area (Å²) in [6.07, 6.45) is 16.2. The maximum absolute atomic E-state index is 12.7. The highest BCUT2D eigenvalue weighted by molar-refractivity contribution is 7.85. The van der Waals surface area contributed by atoms with Crippen LogP contribution in [0.2, 0.25) is 0 Å². The van der Waals surface area contributed by atoms with Gasteiger partial charge in [0.05, 0.1) is 17.7 Å². The van der Waals surface area contributed by atoms with E-state index in [-0.39, 0.29) is 23.6 Å². The number of carbonyl (C=O) groups is 1. The van der Waals surface area contributed by atoms with Gasteiger partial charge in [-0.25, -0.2) is 0 Å². The summed E-state index contributed by atoms with van der Waals surface area (Å²) in [5.41, 5.74) is 6.88. The number of nitrogens with zero attached hydrogens (tertiary/aromatic N) is 2. The molecule has 7 nitrogen and oxygen atoms in total. The molecule has 2 aliphatic heterocycles. The van der Waals surface area contributed by atoms with Crippen LogP contribution in [0.15, 0.2) is 66.4 Å². The first kappa shape index (κ1) is 33.2. The molecule has 2 heterocycles. The van der Waals surface area contributed by atoms with E-state index in [0.29, 0.717) is 24.9 Å². The number of anilines is 1. The molecule has 2 aromatic rings. The Morgan fingerprint density at radius 1 is 1.05 bits per heavy atom. The lowest BCUT2D eigenvalue weighted by Crippen LogP contribution is -2.28. The van der Waals surface area contributed by atoms with Crippen molar-refractivity contribution in [1.29, 1.82) is 0 Å². The number of allylic oxidation sites excluding steroid dienone is 4. The minimum atomic E-state index is -4.02. The SMILES string of the molecule is C#CCNC(=O)c1ccc2c(c1)C(C)(C)/C(=C\C=C\C1=[N+](CCCCC)c3ccccc3C1(C)C)N2CCCCS(=O)(=O)O. The van der Waals surface area contributed by atoms with E-state index in [1.54, 1.807) is 6.07 Å². The van der Waals surface area contributed by atoms with Gasteiger partial charge in [-0.2, -0.15) is 13.0 Å². The summed E-state index contributed by atoms with van der Waals surface area (Å²) < 4.78 is 34.4. The number of para-hydroxylation sites is 1. The highest BCUT2D eigenvalue weighted by Crippen LogP contribution is 2.48. The largest absolute Gasteiger partial charge is 0.344 e. The second kappa shape index (κ2) is 13.5. The molecule has 0 aliphatic carbocycles. The highest BCUT2D eigenvalue weighted by Gasteiger charge is 2.44. The maximum atomic E-state index is 12.7. The van der Waals surface area contributed by atoms with Gasteiger partial charge in [-0.15, -0.1) is 6.42 Å². The average molecular weight is 617 g/mol. The average Bonchev–Trinajstić information content (AvgIpc) is 3.32. The number of carbonyl (C=O) groups excluding carboxylic acids is 1. The summed E-state index contributed by atoms with van der Waals surface area (Å²) in [5, 5.41) is 2.75. The molecule has 8 heteroatoms. The standard InChI is InChI=1S/C36H45N3O4S/c1-7-9-12-23-38-30-17-11-10-16-28(30)35(3,4)32(38)18-15-19-33-36(5,6)29-26-27(34(40)37-22-8-2)20-21-31(29)39(33)24-13-14-25-44(41,42)43/h2,10-11,15-21,26H,7,9,12-14,22-25H2,1,3-6H3,(H-,37,40,41,42,43)/p+1. The molecule has 0 saturated carbocycles. The maximum Gasteiger partial charge on any atom is 0.264 e. The van der Waals surface area contributed by atoms with E-state index in [4.69, 9.17) is 6.42 Å². The second-order valence-corrected chi connectivity index (χ2v) is 14.3. The minimum absolute atomic E-state index is 0.151. The molecule has 44 heavy (non-hydrogen) atoms. The predicted molar refractivity (Wildman–Crippen MR) is 180 cm³/mol. The number of rotatable bonds is 13. The van der Waals surface area contributed by atoms with E-state index < -0.39 is 15.5 Å². The Labute approximate surface area is 263 Å². The molecule has 1 amide bonds. The molecule has 0 aromatic heterocycles. The van der Waals surface area contributed by atoms with E-state index in [2.05, 4.69) is 97.8 Å². The van der Waals surface area contributed by atoms with Crippen molar-refractivity contribution >= 4 is 33.1 Å². The van der Waals surface area contributed by atoms with Crippen molar-refractivity contribution in [2.24, 2.45) is 0 Å². The molecule has 234 valence electrons. The van der Waals surface area contributed by atoms with Gasteiger partial charge in [-0.1, -0.05) is 57.4 Å². The van der Waals surface area contributed by atoms with Crippen LogP contribution < -0.4 is 10.2 Å². The zero-order chi connectivity index (χ0) is 32.1. The van der Waals surface area contributed by atoms with E-state index in [0.717, 1.165) is 29.9 Å². The summed E-state index contributed by atoms with van der Waals surface area (Å²) in [4.78, 5) is 15.0. The molecule has 0 bridgehead atoms. The fourth-order valence-electron chi connectivity index (χ4n) is 6.48. The van der Waals surface area contributed by atoms with Gasteiger partial charge in [0, 0.05) is 53.0 Å². The number of terminal acetylenes is 1. The third-order valence-corrected chi connectivity index (χ3v) is 9.64. The minimum Gasteiger partial charge on any atom is -0.344 e. The lowest BCUT2D eigenvalue weighted by Gasteiger charge is -2.27. The van der Waals surface area contributed by atoms with Crippen LogP contribution in [0.3, 0.4) is 0 Å². The molecule has 0 atom stereocenters. The molecule has 2 N–H and O–H groups in total. The third kappa shape index (κ3) is 7.00. The third-order valence-electron chi connectivity index (χ3n) is 8.83. The van der Waals surface area contributed by atoms with Crippen molar-refractivity contribution in [1.82, 2.24) is 5.32 Å². The van der Waals surface area contributed by atoms with Crippen LogP contribution in [0.25, 0.3) is 0 Å². The lowest BCUT2D eigenvalue weighted by molar-refractivity contribution is -0.438. The molecular formula is C36H46N3O4S+. The number of amides is 1. The molecule has 0 saturated heterocycles. The van der Waals surface area contributed by atoms with Gasteiger partial charge in [0.25, 0.3) is 16.0 Å². The second-order valence-electron chi connectivity index (χ2n) is 12.7. The van der Waals surface area contributed by atoms with Crippen molar-refractivity contribution in [3.05, 3.63) is 83.1 Å². The van der Waals surface area contributed by atoms with Crippen molar-refractivity contribution in [2.75, 3.05) is 30.3 Å². The molecule has 0 fully saturated rings. The first-order chi connectivity index (χ1) is 20.8. The molecule has 4 rings (SSSR count). The first-order valence-corrected chi connectivity index (χ1v) is 17.2. The van der Waals surface area contributed by atoms with Gasteiger partial charge in [-0.3, -0.25) is 9.35 Å². The monoisotopic (exact) mass is 616 g/mol. The molecular weight excluding hydrogens is 570 g/mol. The van der Waals surface area contributed by atoms with Crippen LogP contribution in [-0.2, 0) is 20.9 Å². The van der Waals surface area contributed by atoms with E-state index in [1.165, 1.54) is 29.8 Å². The Bertz CT molecular complexity index is 1640. The Morgan fingerprint density at radius 3 is 2.50 bits per heavy atom. The zero-order valence-corrected chi connectivity index (χ0v) is 27.5. The van der Waals surface area contributed by atoms with Crippen LogP contribution in [0.1, 0.15) is 88.2 Å². The Balaban J connectivity index is 1.72. The smallest absolute Gasteiger partial charge is 0.264 e. The normalized spacial score (nSPS) is 17.7. The van der Waals surface area contributed by atoms with E-state index in [1.807, 2.05) is 12.1 Å². The number of hydrogen-bond acceptors (Lipinski definition) is 4. The first-order valence-electron chi connectivity index (χ1n) is 15.5. The molecule has 0 spiro atoms. The molecule has 2 aromatic carbocycles. The Hall–Kier alpha value is -3.67. The van der Waals surface area contributed by atoms with Crippen molar-refractivity contribution in [2.45, 2.75) is 77.6 Å². The number of fused-ring (bicyclic) bond motifs is 2. The number of hydrogen-bond donors (Lipinski definition) is 2. The summed E-state index contributed by atoms with van der Waals surface area (Å²) >= 11 is 0. The van der Waals surface area contributed by atoms with Crippen molar-refractivity contribution in [3.63, 3.8) is 0 Å². The predicted octanol–water partition coefficient (Wildman–Crippen LogP) is 6.52. The van der Waals surface area contributed by atoms with Crippen LogP contribution >= 0.6 is 0 Å². The van der Waals surface area contributed by atoms with Gasteiger partial charge in [0.15, 0.2) is 5.71 Å². The van der Waals surface area contributed by atoms with Gasteiger partial charge in [0.2, 0.25) is 5.69 Å². The van der Waals surface area contributed by atoms with Gasteiger partial charge in [-0.05, 0) is 62.9 Å². The topological polar surface area (TPSA) is 89.7 Å². The summed E-state index contributed by atoms with van der Waals surface area (Å²) in [7, 11) is -4.02. The zero-order valence-electron chi connectivity index (χ0n) is 26.7. The fourth-order valence-corrected chi connectivity index (χ4v) is 7.05.